The zero-order valence-electron chi connectivity index (χ0n) is 12.9. The number of likely N-dealkylation sites (tertiary alicyclic amines) is 1. The van der Waals surface area contributed by atoms with E-state index in [4.69, 9.17) is 4.42 Å². The van der Waals surface area contributed by atoms with Crippen LogP contribution in [0.4, 0.5) is 8.78 Å². The van der Waals surface area contributed by atoms with Crippen LogP contribution in [0.1, 0.15) is 24.6 Å². The SMILES string of the molecule is O=S(=O)(NC[C@H](c1ccco1)N1CCCC1)c1cc(F)cc(F)c1. The van der Waals surface area contributed by atoms with E-state index < -0.39 is 26.6 Å². The van der Waals surface area contributed by atoms with Gasteiger partial charge in [-0.1, -0.05) is 0 Å². The third kappa shape index (κ3) is 3.82. The van der Waals surface area contributed by atoms with Crippen LogP contribution >= 0.6 is 0 Å². The normalized spacial score (nSPS) is 17.2. The van der Waals surface area contributed by atoms with Gasteiger partial charge in [-0.05, 0) is 50.2 Å². The first-order valence-electron chi connectivity index (χ1n) is 7.69. The summed E-state index contributed by atoms with van der Waals surface area (Å²) in [5, 5.41) is 0. The summed E-state index contributed by atoms with van der Waals surface area (Å²) in [6.07, 6.45) is 3.62. The summed E-state index contributed by atoms with van der Waals surface area (Å²) >= 11 is 0. The highest BCUT2D eigenvalue weighted by molar-refractivity contribution is 7.89. The average molecular weight is 356 g/mol. The largest absolute Gasteiger partial charge is 0.468 e. The molecule has 24 heavy (non-hydrogen) atoms. The van der Waals surface area contributed by atoms with E-state index in [9.17, 15) is 17.2 Å². The minimum atomic E-state index is -4.02. The Morgan fingerprint density at radius 1 is 1.17 bits per heavy atom. The lowest BCUT2D eigenvalue weighted by molar-refractivity contribution is 0.216. The molecule has 0 amide bonds. The van der Waals surface area contributed by atoms with Gasteiger partial charge in [0, 0.05) is 12.6 Å². The molecule has 0 saturated carbocycles. The first kappa shape index (κ1) is 17.1. The minimum Gasteiger partial charge on any atom is -0.468 e. The number of furan rings is 1. The Morgan fingerprint density at radius 3 is 2.42 bits per heavy atom. The maximum atomic E-state index is 13.3. The van der Waals surface area contributed by atoms with Crippen molar-refractivity contribution in [3.05, 3.63) is 54.0 Å². The number of nitrogens with one attached hydrogen (secondary N) is 1. The van der Waals surface area contributed by atoms with Crippen LogP contribution in [0.25, 0.3) is 0 Å². The zero-order chi connectivity index (χ0) is 17.2. The van der Waals surface area contributed by atoms with E-state index in [1.54, 1.807) is 12.1 Å². The molecular weight excluding hydrogens is 338 g/mol. The van der Waals surface area contributed by atoms with Crippen molar-refractivity contribution >= 4 is 10.0 Å². The summed E-state index contributed by atoms with van der Waals surface area (Å²) in [5.41, 5.74) is 0. The maximum Gasteiger partial charge on any atom is 0.240 e. The molecule has 1 aromatic heterocycles. The molecule has 0 spiro atoms. The van der Waals surface area contributed by atoms with Gasteiger partial charge in [0.15, 0.2) is 0 Å². The highest BCUT2D eigenvalue weighted by Crippen LogP contribution is 2.25. The fraction of sp³-hybridized carbons (Fsp3) is 0.375. The van der Waals surface area contributed by atoms with Gasteiger partial charge in [0.2, 0.25) is 10.0 Å². The van der Waals surface area contributed by atoms with Crippen LogP contribution in [-0.4, -0.2) is 33.0 Å². The number of hydrogen-bond donors (Lipinski definition) is 1. The molecule has 1 aliphatic rings. The molecule has 130 valence electrons. The zero-order valence-corrected chi connectivity index (χ0v) is 13.7. The standard InChI is InChI=1S/C16H18F2N2O3S/c17-12-8-13(18)10-14(9-12)24(21,22)19-11-15(16-4-3-7-23-16)20-5-1-2-6-20/h3-4,7-10,15,19H,1-2,5-6,11H2/t15-/m1/s1. The van der Waals surface area contributed by atoms with E-state index >= 15 is 0 Å². The molecule has 2 heterocycles. The summed E-state index contributed by atoms with van der Waals surface area (Å²) in [7, 11) is -4.02. The van der Waals surface area contributed by atoms with Gasteiger partial charge >= 0.3 is 0 Å². The Hall–Kier alpha value is -1.77. The van der Waals surface area contributed by atoms with E-state index in [0.29, 0.717) is 11.8 Å². The second-order valence-electron chi connectivity index (χ2n) is 5.73. The van der Waals surface area contributed by atoms with Crippen molar-refractivity contribution in [1.29, 1.82) is 0 Å². The molecule has 0 unspecified atom stereocenters. The van der Waals surface area contributed by atoms with Gasteiger partial charge in [0.1, 0.15) is 17.4 Å². The fourth-order valence-corrected chi connectivity index (χ4v) is 3.98. The molecule has 0 bridgehead atoms. The summed E-state index contributed by atoms with van der Waals surface area (Å²) in [5.74, 6) is -1.21. The molecule has 2 aromatic rings. The lowest BCUT2D eigenvalue weighted by atomic mass is 10.2. The van der Waals surface area contributed by atoms with Gasteiger partial charge in [-0.15, -0.1) is 0 Å². The Balaban J connectivity index is 1.78. The first-order chi connectivity index (χ1) is 11.5. The Bertz CT molecular complexity index is 767. The van der Waals surface area contributed by atoms with Crippen LogP contribution in [-0.2, 0) is 10.0 Å². The second-order valence-corrected chi connectivity index (χ2v) is 7.50. The van der Waals surface area contributed by atoms with Crippen LogP contribution in [0, 0.1) is 11.6 Å². The van der Waals surface area contributed by atoms with Crippen LogP contribution in [0.5, 0.6) is 0 Å². The van der Waals surface area contributed by atoms with Crippen molar-refractivity contribution in [2.24, 2.45) is 0 Å². The van der Waals surface area contributed by atoms with Gasteiger partial charge in [0.25, 0.3) is 0 Å². The third-order valence-corrected chi connectivity index (χ3v) is 5.47. The monoisotopic (exact) mass is 356 g/mol. The molecule has 5 nitrogen and oxygen atoms in total. The van der Waals surface area contributed by atoms with Gasteiger partial charge in [-0.2, -0.15) is 0 Å². The Kier molecular flexibility index (Phi) is 4.98. The predicted molar refractivity (Wildman–Crippen MR) is 83.8 cm³/mol. The lowest BCUT2D eigenvalue weighted by Crippen LogP contribution is -2.36. The third-order valence-electron chi connectivity index (χ3n) is 4.07. The first-order valence-corrected chi connectivity index (χ1v) is 9.17. The highest BCUT2D eigenvalue weighted by atomic mass is 32.2. The minimum absolute atomic E-state index is 0.0635. The molecule has 0 radical (unpaired) electrons. The summed E-state index contributed by atoms with van der Waals surface area (Å²) in [6.45, 7) is 1.76. The molecule has 3 rings (SSSR count). The molecule has 1 N–H and O–H groups in total. The topological polar surface area (TPSA) is 62.6 Å². The van der Waals surface area contributed by atoms with Crippen molar-refractivity contribution in [3.63, 3.8) is 0 Å². The predicted octanol–water partition coefficient (Wildman–Crippen LogP) is 2.67. The van der Waals surface area contributed by atoms with E-state index in [2.05, 4.69) is 9.62 Å². The quantitative estimate of drug-likeness (QED) is 0.864. The Labute approximate surface area is 139 Å². The summed E-state index contributed by atoms with van der Waals surface area (Å²) in [4.78, 5) is 1.70. The van der Waals surface area contributed by atoms with E-state index in [1.807, 2.05) is 0 Å². The number of halogens is 2. The summed E-state index contributed by atoms with van der Waals surface area (Å²) < 4.78 is 59.1. The number of rotatable bonds is 6. The number of sulfonamides is 1. The van der Waals surface area contributed by atoms with Gasteiger partial charge in [0.05, 0.1) is 17.2 Å². The van der Waals surface area contributed by atoms with Crippen molar-refractivity contribution < 1.29 is 21.6 Å². The lowest BCUT2D eigenvalue weighted by Gasteiger charge is -2.25. The van der Waals surface area contributed by atoms with Gasteiger partial charge < -0.3 is 4.42 Å². The number of nitrogens with zero attached hydrogens (tertiary/aromatic N) is 1. The van der Waals surface area contributed by atoms with Crippen LogP contribution < -0.4 is 4.72 Å². The molecular formula is C16H18F2N2O3S. The van der Waals surface area contributed by atoms with E-state index in [-0.39, 0.29) is 12.6 Å². The van der Waals surface area contributed by atoms with E-state index in [0.717, 1.165) is 38.1 Å². The van der Waals surface area contributed by atoms with Crippen LogP contribution in [0.15, 0.2) is 45.9 Å². The molecule has 8 heteroatoms. The van der Waals surface area contributed by atoms with Crippen molar-refractivity contribution in [1.82, 2.24) is 9.62 Å². The fourth-order valence-electron chi connectivity index (χ4n) is 2.90. The van der Waals surface area contributed by atoms with E-state index in [1.165, 1.54) is 6.26 Å². The molecule has 1 aliphatic heterocycles. The Morgan fingerprint density at radius 2 is 1.83 bits per heavy atom. The molecule has 0 aliphatic carbocycles. The van der Waals surface area contributed by atoms with Crippen molar-refractivity contribution in [3.8, 4) is 0 Å². The van der Waals surface area contributed by atoms with Crippen molar-refractivity contribution in [2.45, 2.75) is 23.8 Å². The molecule has 1 atom stereocenters. The molecule has 1 aromatic carbocycles. The summed E-state index contributed by atoms with van der Waals surface area (Å²) in [6, 6.07) is 5.51. The number of benzene rings is 1. The van der Waals surface area contributed by atoms with Crippen LogP contribution in [0.3, 0.4) is 0 Å². The smallest absolute Gasteiger partial charge is 0.240 e. The second kappa shape index (κ2) is 7.00. The van der Waals surface area contributed by atoms with Gasteiger partial charge in [-0.25, -0.2) is 21.9 Å². The average Bonchev–Trinajstić information content (AvgIpc) is 3.20. The molecule has 1 saturated heterocycles. The molecule has 1 fully saturated rings. The maximum absolute atomic E-state index is 13.3. The highest BCUT2D eigenvalue weighted by Gasteiger charge is 2.27. The number of hydrogen-bond acceptors (Lipinski definition) is 4. The van der Waals surface area contributed by atoms with Gasteiger partial charge in [-0.3, -0.25) is 4.90 Å². The van der Waals surface area contributed by atoms with Crippen molar-refractivity contribution in [2.75, 3.05) is 19.6 Å². The van der Waals surface area contributed by atoms with Crippen LogP contribution in [0.2, 0.25) is 0 Å².